The maximum Gasteiger partial charge on any atom is 0.255 e. The van der Waals surface area contributed by atoms with Gasteiger partial charge in [0.05, 0.1) is 12.6 Å². The molecule has 0 aliphatic carbocycles. The molecule has 0 radical (unpaired) electrons. The van der Waals surface area contributed by atoms with Crippen LogP contribution in [0.2, 0.25) is 5.15 Å². The number of aliphatic hydroxyl groups is 1. The van der Waals surface area contributed by atoms with Crippen molar-refractivity contribution in [2.75, 3.05) is 18.1 Å². The summed E-state index contributed by atoms with van der Waals surface area (Å²) in [6.45, 7) is 1.02. The molecule has 3 heterocycles. The molecule has 0 amide bonds. The fourth-order valence-electron chi connectivity index (χ4n) is 2.30. The molecule has 0 saturated carbocycles. The number of hydrogen-bond acceptors (Lipinski definition) is 5. The van der Waals surface area contributed by atoms with Gasteiger partial charge in [0.25, 0.3) is 5.78 Å². The molecule has 1 unspecified atom stereocenters. The van der Waals surface area contributed by atoms with Crippen molar-refractivity contribution in [3.8, 4) is 0 Å². The van der Waals surface area contributed by atoms with E-state index < -0.39 is 0 Å². The number of hydrogen-bond donors (Lipinski definition) is 1. The predicted octanol–water partition coefficient (Wildman–Crippen LogP) is 0.739. The SMILES string of the molecule is OCC1CCCN1c1cc(Cl)nc2ncnn12. The van der Waals surface area contributed by atoms with Gasteiger partial charge in [0, 0.05) is 12.6 Å². The summed E-state index contributed by atoms with van der Waals surface area (Å²) in [5.41, 5.74) is 0. The summed E-state index contributed by atoms with van der Waals surface area (Å²) in [7, 11) is 0. The highest BCUT2D eigenvalue weighted by Crippen LogP contribution is 2.26. The van der Waals surface area contributed by atoms with E-state index in [1.54, 1.807) is 10.6 Å². The number of aliphatic hydroxyl groups excluding tert-OH is 1. The normalized spacial score (nSPS) is 20.4. The van der Waals surface area contributed by atoms with E-state index in [0.29, 0.717) is 10.9 Å². The van der Waals surface area contributed by atoms with E-state index in [1.165, 1.54) is 6.33 Å². The van der Waals surface area contributed by atoms with E-state index in [4.69, 9.17) is 11.6 Å². The summed E-state index contributed by atoms with van der Waals surface area (Å²) in [6.07, 6.45) is 3.49. The third-order valence-electron chi connectivity index (χ3n) is 3.08. The molecule has 0 aromatic carbocycles. The molecule has 1 N–H and O–H groups in total. The molecular weight excluding hydrogens is 242 g/mol. The van der Waals surface area contributed by atoms with Crippen molar-refractivity contribution in [2.45, 2.75) is 18.9 Å². The maximum atomic E-state index is 9.35. The number of anilines is 1. The molecule has 0 bridgehead atoms. The first-order valence-corrected chi connectivity index (χ1v) is 5.91. The summed E-state index contributed by atoms with van der Waals surface area (Å²) in [5, 5.41) is 13.9. The zero-order valence-corrected chi connectivity index (χ0v) is 9.88. The summed E-state index contributed by atoms with van der Waals surface area (Å²) < 4.78 is 1.65. The monoisotopic (exact) mass is 253 g/mol. The first-order valence-electron chi connectivity index (χ1n) is 5.53. The Hall–Kier alpha value is -1.40. The van der Waals surface area contributed by atoms with Gasteiger partial charge in [-0.25, -0.2) is 0 Å². The summed E-state index contributed by atoms with van der Waals surface area (Å²) >= 11 is 5.97. The molecule has 2 aromatic heterocycles. The van der Waals surface area contributed by atoms with Crippen molar-refractivity contribution >= 4 is 23.2 Å². The van der Waals surface area contributed by atoms with Gasteiger partial charge in [-0.1, -0.05) is 11.6 Å². The van der Waals surface area contributed by atoms with Crippen molar-refractivity contribution in [1.82, 2.24) is 19.6 Å². The van der Waals surface area contributed by atoms with Gasteiger partial charge in [0.15, 0.2) is 0 Å². The molecule has 90 valence electrons. The van der Waals surface area contributed by atoms with Crippen LogP contribution in [0.25, 0.3) is 5.78 Å². The molecular formula is C10H12ClN5O. The Labute approximate surface area is 103 Å². The number of nitrogens with zero attached hydrogens (tertiary/aromatic N) is 5. The molecule has 1 saturated heterocycles. The van der Waals surface area contributed by atoms with Gasteiger partial charge in [-0.2, -0.15) is 19.6 Å². The minimum atomic E-state index is 0.126. The third kappa shape index (κ3) is 1.73. The number of halogens is 1. The lowest BCUT2D eigenvalue weighted by Crippen LogP contribution is -2.33. The van der Waals surface area contributed by atoms with Crippen LogP contribution in [0.1, 0.15) is 12.8 Å². The standard InChI is InChI=1S/C10H12ClN5O/c11-8-4-9(15-3-1-2-7(15)5-17)16-10(14-8)12-6-13-16/h4,6-7,17H,1-3,5H2. The van der Waals surface area contributed by atoms with Crippen LogP contribution in [-0.2, 0) is 0 Å². The van der Waals surface area contributed by atoms with E-state index in [9.17, 15) is 5.11 Å². The second-order valence-corrected chi connectivity index (χ2v) is 4.47. The molecule has 1 fully saturated rings. The molecule has 1 aliphatic rings. The zero-order valence-electron chi connectivity index (χ0n) is 9.12. The van der Waals surface area contributed by atoms with Crippen molar-refractivity contribution in [3.05, 3.63) is 17.5 Å². The summed E-state index contributed by atoms with van der Waals surface area (Å²) in [5.74, 6) is 1.32. The average molecular weight is 254 g/mol. The molecule has 3 rings (SSSR count). The quantitative estimate of drug-likeness (QED) is 0.800. The van der Waals surface area contributed by atoms with Gasteiger partial charge in [-0.3, -0.25) is 0 Å². The molecule has 1 atom stereocenters. The van der Waals surface area contributed by atoms with E-state index in [-0.39, 0.29) is 12.6 Å². The molecule has 17 heavy (non-hydrogen) atoms. The fourth-order valence-corrected chi connectivity index (χ4v) is 2.47. The van der Waals surface area contributed by atoms with Crippen LogP contribution in [-0.4, -0.2) is 43.9 Å². The van der Waals surface area contributed by atoms with E-state index in [2.05, 4.69) is 20.0 Å². The predicted molar refractivity (Wildman–Crippen MR) is 63.2 cm³/mol. The molecule has 6 nitrogen and oxygen atoms in total. The summed E-state index contributed by atoms with van der Waals surface area (Å²) in [4.78, 5) is 10.2. The Bertz CT molecular complexity index is 542. The number of aromatic nitrogens is 4. The smallest absolute Gasteiger partial charge is 0.255 e. The van der Waals surface area contributed by atoms with Crippen LogP contribution in [0.5, 0.6) is 0 Å². The van der Waals surface area contributed by atoms with Crippen molar-refractivity contribution < 1.29 is 5.11 Å². The second-order valence-electron chi connectivity index (χ2n) is 4.08. The Morgan fingerprint density at radius 1 is 1.53 bits per heavy atom. The van der Waals surface area contributed by atoms with E-state index >= 15 is 0 Å². The Morgan fingerprint density at radius 2 is 2.41 bits per heavy atom. The number of rotatable bonds is 2. The van der Waals surface area contributed by atoms with Gasteiger partial charge in [0.2, 0.25) is 0 Å². The third-order valence-corrected chi connectivity index (χ3v) is 3.28. The van der Waals surface area contributed by atoms with Gasteiger partial charge in [-0.05, 0) is 12.8 Å². The van der Waals surface area contributed by atoms with Crippen molar-refractivity contribution in [3.63, 3.8) is 0 Å². The second kappa shape index (κ2) is 4.12. The van der Waals surface area contributed by atoms with E-state index in [1.807, 2.05) is 0 Å². The van der Waals surface area contributed by atoms with Crippen LogP contribution in [0, 0.1) is 0 Å². The maximum absolute atomic E-state index is 9.35. The van der Waals surface area contributed by atoms with Gasteiger partial charge in [0.1, 0.15) is 17.3 Å². The largest absolute Gasteiger partial charge is 0.394 e. The summed E-state index contributed by atoms with van der Waals surface area (Å²) in [6, 6.07) is 1.89. The van der Waals surface area contributed by atoms with Crippen molar-refractivity contribution in [1.29, 1.82) is 0 Å². The first kappa shape index (κ1) is 10.7. The van der Waals surface area contributed by atoms with E-state index in [0.717, 1.165) is 25.2 Å². The van der Waals surface area contributed by atoms with Gasteiger partial charge < -0.3 is 10.0 Å². The average Bonchev–Trinajstić information content (AvgIpc) is 2.95. The van der Waals surface area contributed by atoms with Crippen molar-refractivity contribution in [2.24, 2.45) is 0 Å². The van der Waals surface area contributed by atoms with Crippen LogP contribution in [0.4, 0.5) is 5.82 Å². The minimum absolute atomic E-state index is 0.126. The molecule has 0 spiro atoms. The topological polar surface area (TPSA) is 66.5 Å². The zero-order chi connectivity index (χ0) is 11.8. The van der Waals surface area contributed by atoms with Crippen LogP contribution in [0.3, 0.4) is 0 Å². The highest BCUT2D eigenvalue weighted by molar-refractivity contribution is 6.29. The van der Waals surface area contributed by atoms with Crippen LogP contribution < -0.4 is 4.90 Å². The molecule has 2 aromatic rings. The first-order chi connectivity index (χ1) is 8.29. The van der Waals surface area contributed by atoms with Crippen LogP contribution >= 0.6 is 11.6 Å². The lowest BCUT2D eigenvalue weighted by molar-refractivity contribution is 0.265. The lowest BCUT2D eigenvalue weighted by atomic mass is 10.2. The molecule has 1 aliphatic heterocycles. The lowest BCUT2D eigenvalue weighted by Gasteiger charge is -2.25. The fraction of sp³-hybridized carbons (Fsp3) is 0.500. The Kier molecular flexibility index (Phi) is 2.60. The highest BCUT2D eigenvalue weighted by Gasteiger charge is 2.26. The number of fused-ring (bicyclic) bond motifs is 1. The highest BCUT2D eigenvalue weighted by atomic mass is 35.5. The Morgan fingerprint density at radius 3 is 3.24 bits per heavy atom. The van der Waals surface area contributed by atoms with Crippen LogP contribution in [0.15, 0.2) is 12.4 Å². The van der Waals surface area contributed by atoms with Gasteiger partial charge >= 0.3 is 0 Å². The molecule has 7 heteroatoms. The van der Waals surface area contributed by atoms with Gasteiger partial charge in [-0.15, -0.1) is 0 Å². The minimum Gasteiger partial charge on any atom is -0.394 e. The Balaban J connectivity index is 2.12.